The van der Waals surface area contributed by atoms with E-state index in [1.54, 1.807) is 18.4 Å². The van der Waals surface area contributed by atoms with Crippen molar-refractivity contribution in [3.05, 3.63) is 95.9 Å². The Morgan fingerprint density at radius 1 is 1.00 bits per heavy atom. The number of hydrogen-bond acceptors (Lipinski definition) is 7. The Bertz CT molecular complexity index is 979. The summed E-state index contributed by atoms with van der Waals surface area (Å²) in [6.45, 7) is 0.985. The molecule has 0 unspecified atom stereocenters. The van der Waals surface area contributed by atoms with Crippen LogP contribution in [0.25, 0.3) is 0 Å². The highest BCUT2D eigenvalue weighted by Crippen LogP contribution is 2.37. The van der Waals surface area contributed by atoms with Crippen LogP contribution in [0.2, 0.25) is 0 Å². The van der Waals surface area contributed by atoms with Gasteiger partial charge in [0, 0.05) is 5.92 Å². The van der Waals surface area contributed by atoms with Crippen molar-refractivity contribution in [3.63, 3.8) is 0 Å². The molecule has 0 amide bonds. The Kier molecular flexibility index (Phi) is 7.91. The molecule has 2 aromatic carbocycles. The molecular weight excluding hydrogens is 422 g/mol. The van der Waals surface area contributed by atoms with Crippen molar-refractivity contribution < 1.29 is 28.6 Å². The molecular formula is C26H29NO6. The summed E-state index contributed by atoms with van der Waals surface area (Å²) in [6, 6.07) is 22.7. The molecule has 174 valence electrons. The number of hydrogen-bond donors (Lipinski definition) is 1. The number of nitrogens with zero attached hydrogens (tertiary/aromatic N) is 1. The molecule has 1 aliphatic rings. The summed E-state index contributed by atoms with van der Waals surface area (Å²) in [7, 11) is 1.35. The molecule has 2 heterocycles. The maximum Gasteiger partial charge on any atom is 0.306 e. The topological polar surface area (TPSA) is 81.4 Å². The average molecular weight is 452 g/mol. The zero-order valence-corrected chi connectivity index (χ0v) is 18.6. The summed E-state index contributed by atoms with van der Waals surface area (Å²) in [5.74, 6) is -0.273. The van der Waals surface area contributed by atoms with Crippen LogP contribution in [0, 0.1) is 0 Å². The molecule has 1 aromatic heterocycles. The largest absolute Gasteiger partial charge is 0.469 e. The van der Waals surface area contributed by atoms with Crippen molar-refractivity contribution in [1.29, 1.82) is 0 Å². The fourth-order valence-electron chi connectivity index (χ4n) is 4.29. The molecule has 0 bridgehead atoms. The Labute approximate surface area is 193 Å². The first kappa shape index (κ1) is 23.2. The summed E-state index contributed by atoms with van der Waals surface area (Å²) >= 11 is 0. The minimum Gasteiger partial charge on any atom is -0.469 e. The monoisotopic (exact) mass is 451 g/mol. The zero-order valence-electron chi connectivity index (χ0n) is 18.6. The van der Waals surface area contributed by atoms with Crippen molar-refractivity contribution in [1.82, 2.24) is 5.06 Å². The lowest BCUT2D eigenvalue weighted by atomic mass is 9.89. The molecule has 7 nitrogen and oxygen atoms in total. The number of rotatable bonds is 10. The predicted molar refractivity (Wildman–Crippen MR) is 120 cm³/mol. The second-order valence-corrected chi connectivity index (χ2v) is 8.11. The first-order valence-electron chi connectivity index (χ1n) is 11.0. The van der Waals surface area contributed by atoms with E-state index in [1.165, 1.54) is 12.2 Å². The summed E-state index contributed by atoms with van der Waals surface area (Å²) in [6.07, 6.45) is 0.694. The first-order valence-corrected chi connectivity index (χ1v) is 11.0. The number of benzene rings is 2. The minimum atomic E-state index is -0.556. The number of esters is 1. The Hall–Kier alpha value is -2.97. The lowest BCUT2D eigenvalue weighted by Crippen LogP contribution is -2.42. The molecule has 0 aliphatic carbocycles. The predicted octanol–water partition coefficient (Wildman–Crippen LogP) is 4.17. The van der Waals surface area contributed by atoms with Gasteiger partial charge in [-0.2, -0.15) is 5.06 Å². The normalized spacial score (nSPS) is 21.7. The summed E-state index contributed by atoms with van der Waals surface area (Å²) < 4.78 is 23.1. The maximum absolute atomic E-state index is 12.2. The molecule has 0 spiro atoms. The summed E-state index contributed by atoms with van der Waals surface area (Å²) in [5.41, 5.74) is 2.04. The van der Waals surface area contributed by atoms with Gasteiger partial charge in [-0.3, -0.25) is 4.79 Å². The Morgan fingerprint density at radius 2 is 1.64 bits per heavy atom. The first-order chi connectivity index (χ1) is 16.2. The van der Waals surface area contributed by atoms with E-state index in [0.717, 1.165) is 11.1 Å². The van der Waals surface area contributed by atoms with E-state index in [1.807, 2.05) is 60.7 Å². The molecule has 4 rings (SSSR count). The van der Waals surface area contributed by atoms with Gasteiger partial charge in [0.1, 0.15) is 18.0 Å². The maximum atomic E-state index is 12.2. The van der Waals surface area contributed by atoms with Gasteiger partial charge in [0.25, 0.3) is 0 Å². The third-order valence-electron chi connectivity index (χ3n) is 5.94. The fourth-order valence-corrected chi connectivity index (χ4v) is 4.29. The van der Waals surface area contributed by atoms with Gasteiger partial charge in [0.15, 0.2) is 0 Å². The third kappa shape index (κ3) is 5.89. The van der Waals surface area contributed by atoms with E-state index in [2.05, 4.69) is 0 Å². The third-order valence-corrected chi connectivity index (χ3v) is 5.94. The van der Waals surface area contributed by atoms with Gasteiger partial charge >= 0.3 is 5.97 Å². The molecule has 3 aromatic rings. The van der Waals surface area contributed by atoms with Gasteiger partial charge in [-0.1, -0.05) is 60.7 Å². The van der Waals surface area contributed by atoms with Crippen LogP contribution in [-0.2, 0) is 32.2 Å². The van der Waals surface area contributed by atoms with Crippen molar-refractivity contribution in [3.8, 4) is 0 Å². The van der Waals surface area contributed by atoms with Crippen LogP contribution in [0.1, 0.15) is 29.2 Å². The van der Waals surface area contributed by atoms with Gasteiger partial charge in [0.2, 0.25) is 0 Å². The Balaban J connectivity index is 1.58. The van der Waals surface area contributed by atoms with Gasteiger partial charge < -0.3 is 23.8 Å². The van der Waals surface area contributed by atoms with E-state index in [-0.39, 0.29) is 18.9 Å². The average Bonchev–Trinajstić information content (AvgIpc) is 3.49. The molecule has 1 fully saturated rings. The molecule has 4 atom stereocenters. The van der Waals surface area contributed by atoms with Gasteiger partial charge in [-0.05, 0) is 23.3 Å². The zero-order chi connectivity index (χ0) is 23.0. The van der Waals surface area contributed by atoms with E-state index >= 15 is 0 Å². The standard InChI is InChI=1S/C26H29NO6/c1-30-24(28)15-21(22-13-8-14-31-22)25-26(33-18-20-11-6-3-7-12-20)23(16-27(25)29)32-17-19-9-4-2-5-10-19/h2-14,21,23,25-26,29H,15-18H2,1H3/t21-,23+,25+,26-/m1/s1. The number of furan rings is 1. The van der Waals surface area contributed by atoms with Crippen LogP contribution in [-0.4, -0.2) is 48.1 Å². The summed E-state index contributed by atoms with van der Waals surface area (Å²) in [5, 5.41) is 12.2. The number of hydroxylamine groups is 2. The quantitative estimate of drug-likeness (QED) is 0.463. The highest BCUT2D eigenvalue weighted by Gasteiger charge is 2.49. The second kappa shape index (κ2) is 11.2. The van der Waals surface area contributed by atoms with Crippen LogP contribution in [0.15, 0.2) is 83.5 Å². The highest BCUT2D eigenvalue weighted by atomic mass is 16.6. The Morgan fingerprint density at radius 3 is 2.21 bits per heavy atom. The molecule has 0 saturated carbocycles. The van der Waals surface area contributed by atoms with Gasteiger partial charge in [-0.25, -0.2) is 0 Å². The SMILES string of the molecule is COC(=O)C[C@H](c1ccco1)[C@H]1[C@H](OCc2ccccc2)[C@@H](OCc2ccccc2)CN1O. The van der Waals surface area contributed by atoms with Crippen molar-refractivity contribution >= 4 is 5.97 Å². The van der Waals surface area contributed by atoms with Crippen molar-refractivity contribution in [2.45, 2.75) is 43.8 Å². The lowest BCUT2D eigenvalue weighted by molar-refractivity contribution is -0.149. The minimum absolute atomic E-state index is 0.0440. The highest BCUT2D eigenvalue weighted by molar-refractivity contribution is 5.70. The number of methoxy groups -OCH3 is 1. The molecule has 7 heteroatoms. The van der Waals surface area contributed by atoms with Crippen LogP contribution in [0.3, 0.4) is 0 Å². The van der Waals surface area contributed by atoms with Gasteiger partial charge in [-0.15, -0.1) is 0 Å². The molecule has 33 heavy (non-hydrogen) atoms. The van der Waals surface area contributed by atoms with E-state index in [9.17, 15) is 10.0 Å². The number of ether oxygens (including phenoxy) is 3. The van der Waals surface area contributed by atoms with Crippen LogP contribution in [0.4, 0.5) is 0 Å². The van der Waals surface area contributed by atoms with Crippen molar-refractivity contribution in [2.24, 2.45) is 0 Å². The molecule has 1 aliphatic heterocycles. The van der Waals surface area contributed by atoms with E-state index < -0.39 is 24.2 Å². The fraction of sp³-hybridized carbons (Fsp3) is 0.346. The van der Waals surface area contributed by atoms with Crippen LogP contribution in [0.5, 0.6) is 0 Å². The van der Waals surface area contributed by atoms with Crippen LogP contribution < -0.4 is 0 Å². The molecule has 1 N–H and O–H groups in total. The van der Waals surface area contributed by atoms with Crippen LogP contribution >= 0.6 is 0 Å². The van der Waals surface area contributed by atoms with E-state index in [4.69, 9.17) is 18.6 Å². The molecule has 1 saturated heterocycles. The van der Waals surface area contributed by atoms with Gasteiger partial charge in [0.05, 0.1) is 45.6 Å². The van der Waals surface area contributed by atoms with Crippen molar-refractivity contribution in [2.75, 3.05) is 13.7 Å². The number of carbonyl (C=O) groups is 1. The molecule has 0 radical (unpaired) electrons. The second-order valence-electron chi connectivity index (χ2n) is 8.11. The summed E-state index contributed by atoms with van der Waals surface area (Å²) in [4.78, 5) is 12.2. The van der Waals surface area contributed by atoms with E-state index in [0.29, 0.717) is 19.0 Å². The smallest absolute Gasteiger partial charge is 0.306 e. The number of carbonyl (C=O) groups excluding carboxylic acids is 1. The lowest BCUT2D eigenvalue weighted by Gasteiger charge is -2.31.